The zero-order valence-electron chi connectivity index (χ0n) is 8.47. The lowest BCUT2D eigenvalue weighted by molar-refractivity contribution is -0.145. The topological polar surface area (TPSA) is 34.9 Å². The van der Waals surface area contributed by atoms with Crippen LogP contribution in [0.5, 0.6) is 0 Å². The van der Waals surface area contributed by atoms with E-state index in [9.17, 15) is 18.0 Å². The number of hydrogen-bond donors (Lipinski definition) is 0. The highest BCUT2D eigenvalue weighted by molar-refractivity contribution is 7.99. The highest BCUT2D eigenvalue weighted by Gasteiger charge is 2.38. The van der Waals surface area contributed by atoms with E-state index < -0.39 is 17.4 Å². The third kappa shape index (κ3) is 1.83. The molecule has 1 aliphatic rings. The van der Waals surface area contributed by atoms with Crippen molar-refractivity contribution in [3.63, 3.8) is 0 Å². The molecule has 0 radical (unpaired) electrons. The summed E-state index contributed by atoms with van der Waals surface area (Å²) in [5.74, 6) is 0.701. The van der Waals surface area contributed by atoms with Crippen LogP contribution in [0.3, 0.4) is 0 Å². The number of aromatic nitrogens is 2. The molecule has 1 aromatic rings. The first-order valence-corrected chi connectivity index (χ1v) is 5.71. The second kappa shape index (κ2) is 3.80. The van der Waals surface area contributed by atoms with Gasteiger partial charge in [0, 0.05) is 17.9 Å². The Morgan fingerprint density at radius 1 is 1.44 bits per heavy atom. The van der Waals surface area contributed by atoms with Crippen LogP contribution in [0.2, 0.25) is 0 Å². The molecule has 0 bridgehead atoms. The summed E-state index contributed by atoms with van der Waals surface area (Å²) < 4.78 is 39.6. The maximum atomic E-state index is 12.8. The van der Waals surface area contributed by atoms with E-state index >= 15 is 0 Å². The van der Waals surface area contributed by atoms with E-state index in [1.54, 1.807) is 0 Å². The lowest BCUT2D eigenvalue weighted by Gasteiger charge is -2.23. The largest absolute Gasteiger partial charge is 0.431 e. The highest BCUT2D eigenvalue weighted by Crippen LogP contribution is 2.34. The van der Waals surface area contributed by atoms with Gasteiger partial charge in [0.2, 0.25) is 0 Å². The molecule has 1 aromatic heterocycles. The van der Waals surface area contributed by atoms with Crippen LogP contribution in [0, 0.1) is 6.92 Å². The van der Waals surface area contributed by atoms with Gasteiger partial charge in [0.25, 0.3) is 5.56 Å². The van der Waals surface area contributed by atoms with E-state index in [0.29, 0.717) is 12.2 Å². The Morgan fingerprint density at radius 3 is 2.75 bits per heavy atom. The molecule has 1 aliphatic heterocycles. The summed E-state index contributed by atoms with van der Waals surface area (Å²) in [7, 11) is 0. The molecule has 0 saturated carbocycles. The van der Waals surface area contributed by atoms with Crippen molar-refractivity contribution in [2.75, 3.05) is 5.75 Å². The zero-order valence-corrected chi connectivity index (χ0v) is 9.28. The summed E-state index contributed by atoms with van der Waals surface area (Å²) in [6.07, 6.45) is -3.84. The fraction of sp³-hybridized carbons (Fsp3) is 0.556. The molecule has 0 atom stereocenters. The third-order valence-electron chi connectivity index (χ3n) is 2.40. The number of rotatable bonds is 0. The van der Waals surface area contributed by atoms with Crippen molar-refractivity contribution >= 4 is 11.8 Å². The quantitative estimate of drug-likeness (QED) is 0.661. The first kappa shape index (κ1) is 11.5. The van der Waals surface area contributed by atoms with E-state index in [-0.39, 0.29) is 17.3 Å². The Kier molecular flexibility index (Phi) is 2.73. The molecule has 3 nitrogen and oxygen atoms in total. The van der Waals surface area contributed by atoms with Gasteiger partial charge in [0.05, 0.1) is 0 Å². The minimum atomic E-state index is -4.50. The molecule has 0 N–H and O–H groups in total. The van der Waals surface area contributed by atoms with Gasteiger partial charge in [-0.15, -0.1) is 0 Å². The van der Waals surface area contributed by atoms with Crippen molar-refractivity contribution in [1.82, 2.24) is 9.55 Å². The molecule has 2 rings (SSSR count). The predicted octanol–water partition coefficient (Wildman–Crippen LogP) is 2.07. The van der Waals surface area contributed by atoms with Crippen molar-refractivity contribution in [1.29, 1.82) is 0 Å². The van der Waals surface area contributed by atoms with Gasteiger partial charge in [-0.25, -0.2) is 0 Å². The van der Waals surface area contributed by atoms with Crippen molar-refractivity contribution in [2.45, 2.75) is 31.2 Å². The molecule has 88 valence electrons. The summed E-state index contributed by atoms with van der Waals surface area (Å²) in [6, 6.07) is 0. The number of fused-ring (bicyclic) bond motifs is 1. The van der Waals surface area contributed by atoms with E-state index in [2.05, 4.69) is 4.98 Å². The Bertz CT molecular complexity index is 481. The van der Waals surface area contributed by atoms with Gasteiger partial charge in [0.1, 0.15) is 5.69 Å². The van der Waals surface area contributed by atoms with E-state index in [1.165, 1.54) is 18.7 Å². The van der Waals surface area contributed by atoms with Crippen molar-refractivity contribution in [3.8, 4) is 0 Å². The van der Waals surface area contributed by atoms with Crippen LogP contribution in [0.1, 0.15) is 17.7 Å². The minimum Gasteiger partial charge on any atom is -0.316 e. The average molecular weight is 250 g/mol. The smallest absolute Gasteiger partial charge is 0.316 e. The SMILES string of the molecule is Cc1c(C(F)(F)F)n2c(nc1=O)SCCC2. The van der Waals surface area contributed by atoms with E-state index in [0.717, 1.165) is 4.57 Å². The fourth-order valence-electron chi connectivity index (χ4n) is 1.70. The summed E-state index contributed by atoms with van der Waals surface area (Å²) in [5.41, 5.74) is -1.96. The lowest BCUT2D eigenvalue weighted by Crippen LogP contribution is -2.29. The second-order valence-corrected chi connectivity index (χ2v) is 4.59. The molecule has 0 saturated heterocycles. The molecule has 0 fully saturated rings. The van der Waals surface area contributed by atoms with Gasteiger partial charge in [-0.3, -0.25) is 4.79 Å². The Balaban J connectivity index is 2.74. The monoisotopic (exact) mass is 250 g/mol. The van der Waals surface area contributed by atoms with Gasteiger partial charge in [-0.1, -0.05) is 11.8 Å². The molecule has 16 heavy (non-hydrogen) atoms. The molecular weight excluding hydrogens is 241 g/mol. The number of nitrogens with zero attached hydrogens (tertiary/aromatic N) is 2. The number of hydrogen-bond acceptors (Lipinski definition) is 3. The summed E-state index contributed by atoms with van der Waals surface area (Å²) >= 11 is 1.19. The predicted molar refractivity (Wildman–Crippen MR) is 53.6 cm³/mol. The maximum absolute atomic E-state index is 12.8. The standard InChI is InChI=1S/C9H9F3N2OS/c1-5-6(9(10,11)12)14-3-2-4-16-8(14)13-7(5)15/h2-4H2,1H3. The second-order valence-electron chi connectivity index (χ2n) is 3.52. The molecule has 0 unspecified atom stereocenters. The normalized spacial score (nSPS) is 16.0. The first-order chi connectivity index (χ1) is 7.41. The zero-order chi connectivity index (χ0) is 11.9. The molecule has 7 heteroatoms. The van der Waals surface area contributed by atoms with Gasteiger partial charge >= 0.3 is 6.18 Å². The molecule has 0 amide bonds. The van der Waals surface area contributed by atoms with Crippen LogP contribution in [0.15, 0.2) is 9.95 Å². The van der Waals surface area contributed by atoms with Crippen LogP contribution < -0.4 is 5.56 Å². The Labute approximate surface area is 93.7 Å². The van der Waals surface area contributed by atoms with E-state index in [4.69, 9.17) is 0 Å². The van der Waals surface area contributed by atoms with Crippen molar-refractivity contribution in [3.05, 3.63) is 21.6 Å². The lowest BCUT2D eigenvalue weighted by atomic mass is 10.2. The molecule has 0 aliphatic carbocycles. The summed E-state index contributed by atoms with van der Waals surface area (Å²) in [6.45, 7) is 1.44. The van der Waals surface area contributed by atoms with Gasteiger partial charge in [-0.05, 0) is 13.3 Å². The Hall–Kier alpha value is -0.980. The summed E-state index contributed by atoms with van der Waals surface area (Å²) in [5, 5.41) is 0.175. The number of alkyl halides is 3. The minimum absolute atomic E-state index is 0.175. The summed E-state index contributed by atoms with van der Waals surface area (Å²) in [4.78, 5) is 15.0. The van der Waals surface area contributed by atoms with Gasteiger partial charge < -0.3 is 4.57 Å². The maximum Gasteiger partial charge on any atom is 0.431 e. The third-order valence-corrected chi connectivity index (χ3v) is 3.46. The molecule has 2 heterocycles. The van der Waals surface area contributed by atoms with E-state index in [1.807, 2.05) is 0 Å². The van der Waals surface area contributed by atoms with Gasteiger partial charge in [0.15, 0.2) is 5.16 Å². The number of halogens is 3. The van der Waals surface area contributed by atoms with Crippen molar-refractivity contribution < 1.29 is 13.2 Å². The van der Waals surface area contributed by atoms with Crippen LogP contribution >= 0.6 is 11.8 Å². The van der Waals surface area contributed by atoms with Crippen LogP contribution in [0.4, 0.5) is 13.2 Å². The molecular formula is C9H9F3N2OS. The molecule has 0 aromatic carbocycles. The highest BCUT2D eigenvalue weighted by atomic mass is 32.2. The fourth-order valence-corrected chi connectivity index (χ4v) is 2.64. The number of thioether (sulfide) groups is 1. The van der Waals surface area contributed by atoms with Crippen LogP contribution in [-0.4, -0.2) is 15.3 Å². The van der Waals surface area contributed by atoms with Crippen molar-refractivity contribution in [2.24, 2.45) is 0 Å². The Morgan fingerprint density at radius 2 is 2.12 bits per heavy atom. The van der Waals surface area contributed by atoms with Crippen LogP contribution in [-0.2, 0) is 12.7 Å². The molecule has 0 spiro atoms. The average Bonchev–Trinajstić information content (AvgIpc) is 2.17. The van der Waals surface area contributed by atoms with Crippen LogP contribution in [0.25, 0.3) is 0 Å². The van der Waals surface area contributed by atoms with Gasteiger partial charge in [-0.2, -0.15) is 18.2 Å². The first-order valence-electron chi connectivity index (χ1n) is 4.72.